The Balaban J connectivity index is 2.94. The van der Waals surface area contributed by atoms with Crippen molar-refractivity contribution < 1.29 is 4.39 Å². The second-order valence-corrected chi connectivity index (χ2v) is 3.21. The predicted octanol–water partition coefficient (Wildman–Crippen LogP) is 3.21. The Labute approximate surface area is 79.9 Å². The lowest BCUT2D eigenvalue weighted by Gasteiger charge is -2.03. The van der Waals surface area contributed by atoms with E-state index in [4.69, 9.17) is 17.3 Å². The van der Waals surface area contributed by atoms with Crippen LogP contribution in [-0.2, 0) is 0 Å². The summed E-state index contributed by atoms with van der Waals surface area (Å²) in [5.74, 6) is -0.403. The summed E-state index contributed by atoms with van der Waals surface area (Å²) >= 11 is 5.87. The van der Waals surface area contributed by atoms with Crippen molar-refractivity contribution in [2.24, 2.45) is 0 Å². The van der Waals surface area contributed by atoms with Crippen LogP contribution in [0.3, 0.4) is 0 Å². The van der Waals surface area contributed by atoms with Crippen LogP contribution in [0, 0.1) is 5.82 Å². The Morgan fingerprint density at radius 3 is 2.62 bits per heavy atom. The van der Waals surface area contributed by atoms with E-state index in [1.165, 1.54) is 6.07 Å². The van der Waals surface area contributed by atoms with Gasteiger partial charge in [-0.2, -0.15) is 0 Å². The van der Waals surface area contributed by atoms with Crippen LogP contribution in [0.4, 0.5) is 10.1 Å². The summed E-state index contributed by atoms with van der Waals surface area (Å²) in [7, 11) is 0. The number of fused-ring (bicyclic) bond motifs is 1. The van der Waals surface area contributed by atoms with E-state index in [-0.39, 0.29) is 5.69 Å². The molecule has 0 saturated carbocycles. The van der Waals surface area contributed by atoms with E-state index in [1.54, 1.807) is 24.3 Å². The highest BCUT2D eigenvalue weighted by Crippen LogP contribution is 2.27. The summed E-state index contributed by atoms with van der Waals surface area (Å²) in [5.41, 5.74) is 5.57. The van der Waals surface area contributed by atoms with Crippen LogP contribution in [0.15, 0.2) is 30.3 Å². The number of rotatable bonds is 0. The van der Waals surface area contributed by atoms with Gasteiger partial charge < -0.3 is 5.73 Å². The second kappa shape index (κ2) is 2.89. The third kappa shape index (κ3) is 1.23. The summed E-state index contributed by atoms with van der Waals surface area (Å²) < 4.78 is 13.4. The normalized spacial score (nSPS) is 10.6. The second-order valence-electron chi connectivity index (χ2n) is 2.80. The molecule has 3 heteroatoms. The molecule has 1 nitrogen and oxygen atoms in total. The first-order chi connectivity index (χ1) is 6.20. The standard InChI is InChI=1S/C10H7ClFN/c11-8-3-1-2-7-6(8)4-5-9(13)10(7)12/h1-5H,13H2. The Morgan fingerprint density at radius 2 is 1.85 bits per heavy atom. The zero-order valence-corrected chi connectivity index (χ0v) is 7.48. The monoisotopic (exact) mass is 195 g/mol. The minimum absolute atomic E-state index is 0.148. The maximum atomic E-state index is 13.4. The van der Waals surface area contributed by atoms with Gasteiger partial charge in [0, 0.05) is 15.8 Å². The van der Waals surface area contributed by atoms with Gasteiger partial charge in [0.15, 0.2) is 5.82 Å². The van der Waals surface area contributed by atoms with E-state index in [1.807, 2.05) is 0 Å². The number of nitrogens with two attached hydrogens (primary N) is 1. The molecule has 2 N–H and O–H groups in total. The van der Waals surface area contributed by atoms with Crippen molar-refractivity contribution in [2.75, 3.05) is 5.73 Å². The lowest BCUT2D eigenvalue weighted by molar-refractivity contribution is 0.644. The summed E-state index contributed by atoms with van der Waals surface area (Å²) in [4.78, 5) is 0. The van der Waals surface area contributed by atoms with Gasteiger partial charge in [-0.05, 0) is 12.1 Å². The summed E-state index contributed by atoms with van der Waals surface area (Å²) in [6.45, 7) is 0. The molecule has 0 spiro atoms. The van der Waals surface area contributed by atoms with Crippen molar-refractivity contribution in [3.8, 4) is 0 Å². The lowest BCUT2D eigenvalue weighted by Crippen LogP contribution is -1.91. The average Bonchev–Trinajstić information content (AvgIpc) is 2.12. The Kier molecular flexibility index (Phi) is 1.85. The van der Waals surface area contributed by atoms with Crippen molar-refractivity contribution in [1.82, 2.24) is 0 Å². The molecule has 0 aliphatic heterocycles. The maximum Gasteiger partial charge on any atom is 0.153 e. The SMILES string of the molecule is Nc1ccc2c(Cl)cccc2c1F. The smallest absolute Gasteiger partial charge is 0.153 e. The Hall–Kier alpha value is -1.28. The molecule has 0 amide bonds. The van der Waals surface area contributed by atoms with Gasteiger partial charge in [0.1, 0.15) is 0 Å². The maximum absolute atomic E-state index is 13.4. The first-order valence-corrected chi connectivity index (χ1v) is 4.20. The molecule has 0 atom stereocenters. The zero-order chi connectivity index (χ0) is 9.42. The van der Waals surface area contributed by atoms with Crippen molar-refractivity contribution >= 4 is 28.1 Å². The molecule has 0 aromatic heterocycles. The Morgan fingerprint density at radius 1 is 1.08 bits per heavy atom. The molecule has 0 aliphatic carbocycles. The minimum Gasteiger partial charge on any atom is -0.396 e. The fourth-order valence-electron chi connectivity index (χ4n) is 1.30. The van der Waals surface area contributed by atoms with E-state index < -0.39 is 5.82 Å². The van der Waals surface area contributed by atoms with Gasteiger partial charge in [0.05, 0.1) is 5.69 Å². The summed E-state index contributed by atoms with van der Waals surface area (Å²) in [6.07, 6.45) is 0. The van der Waals surface area contributed by atoms with Gasteiger partial charge in [-0.3, -0.25) is 0 Å². The molecular weight excluding hydrogens is 189 g/mol. The quantitative estimate of drug-likeness (QED) is 0.642. The molecule has 0 fully saturated rings. The van der Waals surface area contributed by atoms with Crippen molar-refractivity contribution in [3.63, 3.8) is 0 Å². The third-order valence-corrected chi connectivity index (χ3v) is 2.30. The molecule has 0 heterocycles. The van der Waals surface area contributed by atoms with Gasteiger partial charge in [-0.25, -0.2) is 4.39 Å². The molecule has 0 aliphatic rings. The summed E-state index contributed by atoms with van der Waals surface area (Å²) in [5, 5.41) is 1.69. The molecule has 0 saturated heterocycles. The van der Waals surface area contributed by atoms with Gasteiger partial charge in [-0.1, -0.05) is 29.8 Å². The molecule has 0 radical (unpaired) electrons. The lowest BCUT2D eigenvalue weighted by atomic mass is 10.1. The van der Waals surface area contributed by atoms with Crippen molar-refractivity contribution in [1.29, 1.82) is 0 Å². The van der Waals surface area contributed by atoms with E-state index in [0.717, 1.165) is 0 Å². The van der Waals surface area contributed by atoms with Gasteiger partial charge in [-0.15, -0.1) is 0 Å². The summed E-state index contributed by atoms with van der Waals surface area (Å²) in [6, 6.07) is 8.32. The molecule has 66 valence electrons. The van der Waals surface area contributed by atoms with E-state index in [2.05, 4.69) is 0 Å². The Bertz CT molecular complexity index is 468. The van der Waals surface area contributed by atoms with E-state index in [9.17, 15) is 4.39 Å². The average molecular weight is 196 g/mol. The highest BCUT2D eigenvalue weighted by atomic mass is 35.5. The molecule has 2 rings (SSSR count). The number of anilines is 1. The van der Waals surface area contributed by atoms with Gasteiger partial charge in [0.25, 0.3) is 0 Å². The number of halogens is 2. The largest absolute Gasteiger partial charge is 0.396 e. The number of nitrogen functional groups attached to an aromatic ring is 1. The fourth-order valence-corrected chi connectivity index (χ4v) is 1.54. The van der Waals surface area contributed by atoms with Crippen molar-refractivity contribution in [3.05, 3.63) is 41.2 Å². The molecule has 0 unspecified atom stereocenters. The van der Waals surface area contributed by atoms with Crippen molar-refractivity contribution in [2.45, 2.75) is 0 Å². The zero-order valence-electron chi connectivity index (χ0n) is 6.72. The van der Waals surface area contributed by atoms with E-state index >= 15 is 0 Å². The molecular formula is C10H7ClFN. The van der Waals surface area contributed by atoms with Crippen LogP contribution in [0.5, 0.6) is 0 Å². The topological polar surface area (TPSA) is 26.0 Å². The predicted molar refractivity (Wildman–Crippen MR) is 53.3 cm³/mol. The molecule has 2 aromatic rings. The molecule has 13 heavy (non-hydrogen) atoms. The number of hydrogen-bond acceptors (Lipinski definition) is 1. The third-order valence-electron chi connectivity index (χ3n) is 1.97. The van der Waals surface area contributed by atoms with Crippen LogP contribution >= 0.6 is 11.6 Å². The number of benzene rings is 2. The first-order valence-electron chi connectivity index (χ1n) is 3.82. The molecule has 0 bridgehead atoms. The highest BCUT2D eigenvalue weighted by molar-refractivity contribution is 6.35. The van der Waals surface area contributed by atoms with Crippen LogP contribution in [-0.4, -0.2) is 0 Å². The number of hydrogen-bond donors (Lipinski definition) is 1. The van der Waals surface area contributed by atoms with Crippen LogP contribution in [0.2, 0.25) is 5.02 Å². The minimum atomic E-state index is -0.403. The fraction of sp³-hybridized carbons (Fsp3) is 0. The van der Waals surface area contributed by atoms with Crippen LogP contribution < -0.4 is 5.73 Å². The van der Waals surface area contributed by atoms with Crippen LogP contribution in [0.25, 0.3) is 10.8 Å². The van der Waals surface area contributed by atoms with Gasteiger partial charge >= 0.3 is 0 Å². The van der Waals surface area contributed by atoms with Crippen LogP contribution in [0.1, 0.15) is 0 Å². The highest BCUT2D eigenvalue weighted by Gasteiger charge is 2.05. The first kappa shape index (κ1) is 8.32. The molecule has 2 aromatic carbocycles. The van der Waals surface area contributed by atoms with Gasteiger partial charge in [0.2, 0.25) is 0 Å². The van der Waals surface area contributed by atoms with E-state index in [0.29, 0.717) is 15.8 Å².